The van der Waals surface area contributed by atoms with E-state index in [9.17, 15) is 13.2 Å². The van der Waals surface area contributed by atoms with Crippen molar-refractivity contribution in [3.05, 3.63) is 35.9 Å². The predicted octanol–water partition coefficient (Wildman–Crippen LogP) is 2.58. The molecule has 1 atom stereocenters. The zero-order chi connectivity index (χ0) is 18.1. The third-order valence-corrected chi connectivity index (χ3v) is 6.68. The second-order valence-corrected chi connectivity index (χ2v) is 8.91. The second kappa shape index (κ2) is 9.92. The molecular weight excluding hydrogens is 336 g/mol. The topological polar surface area (TPSA) is 66.5 Å². The van der Waals surface area contributed by atoms with E-state index in [1.165, 1.54) is 5.56 Å². The van der Waals surface area contributed by atoms with Gasteiger partial charge < -0.3 is 5.32 Å². The number of piperidine rings is 1. The van der Waals surface area contributed by atoms with Crippen LogP contribution in [0, 0.1) is 5.92 Å². The van der Waals surface area contributed by atoms with E-state index < -0.39 is 10.0 Å². The zero-order valence-corrected chi connectivity index (χ0v) is 15.9. The van der Waals surface area contributed by atoms with E-state index in [0.717, 1.165) is 25.7 Å². The Kier molecular flexibility index (Phi) is 7.90. The van der Waals surface area contributed by atoms with Crippen molar-refractivity contribution in [1.29, 1.82) is 0 Å². The van der Waals surface area contributed by atoms with Gasteiger partial charge in [-0.05, 0) is 43.6 Å². The van der Waals surface area contributed by atoms with Gasteiger partial charge in [0.15, 0.2) is 0 Å². The number of nitrogens with zero attached hydrogens (tertiary/aromatic N) is 1. The average molecular weight is 367 g/mol. The molecule has 0 bridgehead atoms. The maximum Gasteiger partial charge on any atom is 0.220 e. The molecule has 1 fully saturated rings. The van der Waals surface area contributed by atoms with Crippen LogP contribution in [0.3, 0.4) is 0 Å². The molecule has 1 saturated heterocycles. The maximum atomic E-state index is 12.2. The lowest BCUT2D eigenvalue weighted by Crippen LogP contribution is -2.44. The van der Waals surface area contributed by atoms with E-state index in [4.69, 9.17) is 0 Å². The van der Waals surface area contributed by atoms with Gasteiger partial charge in [0.25, 0.3) is 0 Å². The van der Waals surface area contributed by atoms with Crippen LogP contribution in [0.4, 0.5) is 0 Å². The third-order valence-electron chi connectivity index (χ3n) is 4.64. The van der Waals surface area contributed by atoms with Crippen molar-refractivity contribution in [2.24, 2.45) is 5.92 Å². The number of sulfonamides is 1. The number of hydrogen-bond acceptors (Lipinski definition) is 3. The number of amides is 1. The molecule has 0 aliphatic carbocycles. The van der Waals surface area contributed by atoms with Gasteiger partial charge >= 0.3 is 0 Å². The minimum atomic E-state index is -3.13. The fourth-order valence-corrected chi connectivity index (χ4v) is 4.90. The molecule has 1 N–H and O–H groups in total. The number of carbonyl (C=O) groups excluding carboxylic acids is 1. The molecule has 1 aliphatic heterocycles. The molecular formula is C19H30N2O3S. The fraction of sp³-hybridized carbons (Fsp3) is 0.632. The van der Waals surface area contributed by atoms with Crippen LogP contribution in [0.25, 0.3) is 0 Å². The van der Waals surface area contributed by atoms with Gasteiger partial charge in [-0.3, -0.25) is 4.79 Å². The molecule has 25 heavy (non-hydrogen) atoms. The van der Waals surface area contributed by atoms with Gasteiger partial charge in [0.1, 0.15) is 0 Å². The number of carbonyl (C=O) groups is 1. The molecule has 0 saturated carbocycles. The van der Waals surface area contributed by atoms with E-state index in [1.807, 2.05) is 25.1 Å². The van der Waals surface area contributed by atoms with Crippen LogP contribution in [0.5, 0.6) is 0 Å². The number of nitrogens with one attached hydrogen (secondary N) is 1. The molecule has 1 heterocycles. The van der Waals surface area contributed by atoms with Crippen molar-refractivity contribution in [2.75, 3.05) is 25.4 Å². The van der Waals surface area contributed by atoms with Crippen LogP contribution in [0.1, 0.15) is 44.6 Å². The number of benzene rings is 1. The monoisotopic (exact) mass is 366 g/mol. The lowest BCUT2D eigenvalue weighted by atomic mass is 9.99. The van der Waals surface area contributed by atoms with Crippen molar-refractivity contribution >= 4 is 15.9 Å². The largest absolute Gasteiger partial charge is 0.356 e. The summed E-state index contributed by atoms with van der Waals surface area (Å²) in [6, 6.07) is 10.2. The second-order valence-electron chi connectivity index (χ2n) is 6.83. The fourth-order valence-electron chi connectivity index (χ4n) is 3.28. The summed E-state index contributed by atoms with van der Waals surface area (Å²) < 4.78 is 26.0. The van der Waals surface area contributed by atoms with Crippen LogP contribution in [0.15, 0.2) is 30.3 Å². The highest BCUT2D eigenvalue weighted by molar-refractivity contribution is 7.89. The van der Waals surface area contributed by atoms with E-state index in [1.54, 1.807) is 4.31 Å². The Bertz CT molecular complexity index is 631. The van der Waals surface area contributed by atoms with Crippen LogP contribution >= 0.6 is 0 Å². The van der Waals surface area contributed by atoms with Crippen LogP contribution in [-0.2, 0) is 21.2 Å². The van der Waals surface area contributed by atoms with Crippen molar-refractivity contribution < 1.29 is 13.2 Å². The van der Waals surface area contributed by atoms with E-state index in [2.05, 4.69) is 17.4 Å². The zero-order valence-electron chi connectivity index (χ0n) is 15.1. The molecule has 1 unspecified atom stereocenters. The molecule has 140 valence electrons. The molecule has 1 aromatic rings. The summed E-state index contributed by atoms with van der Waals surface area (Å²) in [4.78, 5) is 12.0. The molecule has 1 aromatic carbocycles. The first-order valence-corrected chi connectivity index (χ1v) is 10.9. The van der Waals surface area contributed by atoms with Gasteiger partial charge in [-0.25, -0.2) is 12.7 Å². The average Bonchev–Trinajstić information content (AvgIpc) is 2.61. The van der Waals surface area contributed by atoms with Gasteiger partial charge in [-0.15, -0.1) is 0 Å². The van der Waals surface area contributed by atoms with Gasteiger partial charge in [-0.2, -0.15) is 0 Å². The third kappa shape index (κ3) is 6.78. The highest BCUT2D eigenvalue weighted by atomic mass is 32.2. The molecule has 1 amide bonds. The molecule has 5 nitrogen and oxygen atoms in total. The summed E-state index contributed by atoms with van der Waals surface area (Å²) in [7, 11) is -3.13. The minimum absolute atomic E-state index is 0.0597. The Morgan fingerprint density at radius 1 is 1.28 bits per heavy atom. The first-order chi connectivity index (χ1) is 12.0. The summed E-state index contributed by atoms with van der Waals surface area (Å²) in [5.74, 6) is 0.494. The Balaban J connectivity index is 1.68. The molecule has 2 rings (SSSR count). The SMILES string of the molecule is CCCS(=O)(=O)N1CCCC(CNC(=O)CCCc2ccccc2)C1. The van der Waals surface area contributed by atoms with Crippen molar-refractivity contribution in [1.82, 2.24) is 9.62 Å². The Morgan fingerprint density at radius 3 is 2.76 bits per heavy atom. The highest BCUT2D eigenvalue weighted by Gasteiger charge is 2.28. The molecule has 0 aromatic heterocycles. The first-order valence-electron chi connectivity index (χ1n) is 9.29. The summed E-state index contributed by atoms with van der Waals surface area (Å²) in [5, 5.41) is 2.98. The van der Waals surface area contributed by atoms with Gasteiger partial charge in [-0.1, -0.05) is 37.3 Å². The minimum Gasteiger partial charge on any atom is -0.356 e. The molecule has 1 aliphatic rings. The highest BCUT2D eigenvalue weighted by Crippen LogP contribution is 2.19. The summed E-state index contributed by atoms with van der Waals surface area (Å²) in [5.41, 5.74) is 1.25. The Hall–Kier alpha value is -1.40. The van der Waals surface area contributed by atoms with Crippen molar-refractivity contribution in [2.45, 2.75) is 45.4 Å². The van der Waals surface area contributed by atoms with Crippen molar-refractivity contribution in [3.63, 3.8) is 0 Å². The maximum absolute atomic E-state index is 12.2. The summed E-state index contributed by atoms with van der Waals surface area (Å²) in [6.07, 6.45) is 4.74. The normalized spacial score (nSPS) is 18.8. The van der Waals surface area contributed by atoms with E-state index >= 15 is 0 Å². The quantitative estimate of drug-likeness (QED) is 0.730. The summed E-state index contributed by atoms with van der Waals surface area (Å²) in [6.45, 7) is 3.60. The molecule has 0 radical (unpaired) electrons. The Morgan fingerprint density at radius 2 is 2.04 bits per heavy atom. The molecule has 6 heteroatoms. The number of aryl methyl sites for hydroxylation is 1. The predicted molar refractivity (Wildman–Crippen MR) is 101 cm³/mol. The van der Waals surface area contributed by atoms with Gasteiger partial charge in [0, 0.05) is 26.1 Å². The number of rotatable bonds is 9. The molecule has 0 spiro atoms. The lowest BCUT2D eigenvalue weighted by molar-refractivity contribution is -0.121. The number of hydrogen-bond donors (Lipinski definition) is 1. The van der Waals surface area contributed by atoms with E-state index in [-0.39, 0.29) is 17.6 Å². The van der Waals surface area contributed by atoms with Gasteiger partial charge in [0.2, 0.25) is 15.9 Å². The first kappa shape index (κ1) is 19.9. The lowest BCUT2D eigenvalue weighted by Gasteiger charge is -2.32. The smallest absolute Gasteiger partial charge is 0.220 e. The van der Waals surface area contributed by atoms with Crippen LogP contribution in [-0.4, -0.2) is 44.0 Å². The van der Waals surface area contributed by atoms with Gasteiger partial charge in [0.05, 0.1) is 5.75 Å². The van der Waals surface area contributed by atoms with E-state index in [0.29, 0.717) is 32.5 Å². The summed E-state index contributed by atoms with van der Waals surface area (Å²) >= 11 is 0. The standard InChI is InChI=1S/C19H30N2O3S/c1-2-14-25(23,24)21-13-7-11-18(16-21)15-20-19(22)12-6-10-17-8-4-3-5-9-17/h3-5,8-9,18H,2,6-7,10-16H2,1H3,(H,20,22). The van der Waals surface area contributed by atoms with Crippen LogP contribution < -0.4 is 5.32 Å². The van der Waals surface area contributed by atoms with Crippen LogP contribution in [0.2, 0.25) is 0 Å². The Labute approximate surface area is 151 Å². The van der Waals surface area contributed by atoms with Crippen molar-refractivity contribution in [3.8, 4) is 0 Å².